The van der Waals surface area contributed by atoms with Crippen molar-refractivity contribution < 1.29 is 9.30 Å². The van der Waals surface area contributed by atoms with E-state index in [0.717, 1.165) is 35.2 Å². The maximum atomic E-state index is 11.1. The van der Waals surface area contributed by atoms with Gasteiger partial charge >= 0.3 is 0 Å². The van der Waals surface area contributed by atoms with E-state index in [4.69, 9.17) is 4.74 Å². The Morgan fingerprint density at radius 3 is 2.45 bits per heavy atom. The van der Waals surface area contributed by atoms with E-state index in [1.807, 2.05) is 48.5 Å². The minimum atomic E-state index is 0.0515. The highest BCUT2D eigenvalue weighted by molar-refractivity contribution is 7.34. The van der Waals surface area contributed by atoms with Crippen LogP contribution >= 0.6 is 8.46 Å². The van der Waals surface area contributed by atoms with E-state index < -0.39 is 0 Å². The number of benzene rings is 2. The first-order chi connectivity index (χ1) is 9.85. The molecule has 20 heavy (non-hydrogen) atoms. The van der Waals surface area contributed by atoms with Gasteiger partial charge in [0.1, 0.15) is 5.75 Å². The second kappa shape index (κ2) is 7.81. The predicted molar refractivity (Wildman–Crippen MR) is 84.1 cm³/mol. The number of rotatable bonds is 7. The summed E-state index contributed by atoms with van der Waals surface area (Å²) in [5.41, 5.74) is 2.06. The van der Waals surface area contributed by atoms with Crippen molar-refractivity contribution in [3.05, 3.63) is 48.5 Å². The van der Waals surface area contributed by atoms with Crippen molar-refractivity contribution in [2.45, 2.75) is 26.2 Å². The number of hydrogen-bond acceptors (Lipinski definition) is 2. The van der Waals surface area contributed by atoms with Crippen molar-refractivity contribution in [3.8, 4) is 16.9 Å². The standard InChI is InChI=1S/C17H19O2P/c1-2-3-6-13-19-15-11-9-14(10-12-15)16-7-4-5-8-17(16)20-18/h4-5,7-12H,2-3,6,13H2,1H3. The Kier molecular flexibility index (Phi) is 5.76. The van der Waals surface area contributed by atoms with Crippen LogP contribution in [0.25, 0.3) is 11.1 Å². The Balaban J connectivity index is 2.06. The minimum Gasteiger partial charge on any atom is -0.494 e. The smallest absolute Gasteiger partial charge is 0.192 e. The van der Waals surface area contributed by atoms with E-state index in [1.165, 1.54) is 12.8 Å². The molecule has 0 saturated carbocycles. The van der Waals surface area contributed by atoms with Gasteiger partial charge in [-0.1, -0.05) is 50.1 Å². The first-order valence-corrected chi connectivity index (χ1v) is 7.82. The third-order valence-corrected chi connectivity index (χ3v) is 3.77. The molecule has 0 heterocycles. The molecule has 0 fully saturated rings. The lowest BCUT2D eigenvalue weighted by Crippen LogP contribution is -1.98. The molecule has 2 aromatic carbocycles. The Morgan fingerprint density at radius 2 is 1.75 bits per heavy atom. The maximum absolute atomic E-state index is 11.1. The largest absolute Gasteiger partial charge is 0.494 e. The molecule has 2 rings (SSSR count). The van der Waals surface area contributed by atoms with E-state index in [9.17, 15) is 4.57 Å². The molecule has 0 N–H and O–H groups in total. The Labute approximate surface area is 122 Å². The van der Waals surface area contributed by atoms with E-state index >= 15 is 0 Å². The number of hydrogen-bond donors (Lipinski definition) is 0. The molecule has 0 bridgehead atoms. The van der Waals surface area contributed by atoms with Gasteiger partial charge < -0.3 is 4.74 Å². The molecule has 0 radical (unpaired) electrons. The summed E-state index contributed by atoms with van der Waals surface area (Å²) in [6, 6.07) is 15.7. The van der Waals surface area contributed by atoms with E-state index in [1.54, 1.807) is 0 Å². The van der Waals surface area contributed by atoms with Gasteiger partial charge in [-0.25, -0.2) is 0 Å². The van der Waals surface area contributed by atoms with Crippen molar-refractivity contribution in [2.24, 2.45) is 0 Å². The van der Waals surface area contributed by atoms with Gasteiger partial charge in [0.25, 0.3) is 0 Å². The van der Waals surface area contributed by atoms with Crippen molar-refractivity contribution >= 4 is 13.8 Å². The average molecular weight is 286 g/mol. The van der Waals surface area contributed by atoms with Crippen LogP contribution in [0.4, 0.5) is 0 Å². The van der Waals surface area contributed by atoms with Gasteiger partial charge in [-0.3, -0.25) is 4.57 Å². The third-order valence-electron chi connectivity index (χ3n) is 3.18. The average Bonchev–Trinajstić information content (AvgIpc) is 2.52. The molecule has 3 heteroatoms. The first-order valence-electron chi connectivity index (χ1n) is 7.00. The highest BCUT2D eigenvalue weighted by atomic mass is 31.1. The molecule has 0 amide bonds. The summed E-state index contributed by atoms with van der Waals surface area (Å²) >= 11 is 0. The van der Waals surface area contributed by atoms with E-state index in [-0.39, 0.29) is 8.46 Å². The molecule has 0 unspecified atom stereocenters. The normalized spacial score (nSPS) is 10.7. The Hall–Kier alpha value is -1.66. The molecule has 0 atom stereocenters. The molecule has 0 aliphatic carbocycles. The van der Waals surface area contributed by atoms with Gasteiger partial charge in [0.15, 0.2) is 8.46 Å². The van der Waals surface area contributed by atoms with Crippen molar-refractivity contribution in [2.75, 3.05) is 6.61 Å². The van der Waals surface area contributed by atoms with E-state index in [0.29, 0.717) is 0 Å². The van der Waals surface area contributed by atoms with Gasteiger partial charge in [0.05, 0.1) is 11.9 Å². The molecule has 0 aliphatic rings. The molecule has 0 spiro atoms. The Bertz CT molecular complexity index is 549. The van der Waals surface area contributed by atoms with E-state index in [2.05, 4.69) is 6.92 Å². The zero-order valence-electron chi connectivity index (χ0n) is 11.7. The van der Waals surface area contributed by atoms with Crippen LogP contribution in [0.1, 0.15) is 26.2 Å². The third kappa shape index (κ3) is 3.91. The molecular weight excluding hydrogens is 267 g/mol. The molecule has 0 aromatic heterocycles. The summed E-state index contributed by atoms with van der Waals surface area (Å²) in [7, 11) is 0.0515. The lowest BCUT2D eigenvalue weighted by atomic mass is 10.1. The second-order valence-corrected chi connectivity index (χ2v) is 5.35. The molecule has 2 aromatic rings. The predicted octanol–water partition coefficient (Wildman–Crippen LogP) is 4.84. The van der Waals surface area contributed by atoms with Crippen molar-refractivity contribution in [1.82, 2.24) is 0 Å². The van der Waals surface area contributed by atoms with Crippen LogP contribution in [0, 0.1) is 0 Å². The second-order valence-electron chi connectivity index (χ2n) is 4.69. The highest BCUT2D eigenvalue weighted by Crippen LogP contribution is 2.23. The van der Waals surface area contributed by atoms with Gasteiger partial charge in [-0.05, 0) is 35.7 Å². The zero-order chi connectivity index (χ0) is 14.2. The lowest BCUT2D eigenvalue weighted by molar-refractivity contribution is 0.306. The lowest BCUT2D eigenvalue weighted by Gasteiger charge is -2.08. The fourth-order valence-electron chi connectivity index (χ4n) is 2.07. The Morgan fingerprint density at radius 1 is 1.00 bits per heavy atom. The van der Waals surface area contributed by atoms with Crippen LogP contribution in [-0.4, -0.2) is 6.61 Å². The zero-order valence-corrected chi connectivity index (χ0v) is 12.6. The minimum absolute atomic E-state index is 0.0515. The van der Waals surface area contributed by atoms with Crippen LogP contribution in [-0.2, 0) is 4.57 Å². The highest BCUT2D eigenvalue weighted by Gasteiger charge is 2.04. The van der Waals surface area contributed by atoms with Gasteiger partial charge in [-0.15, -0.1) is 0 Å². The van der Waals surface area contributed by atoms with Crippen LogP contribution in [0.2, 0.25) is 0 Å². The molecule has 2 nitrogen and oxygen atoms in total. The van der Waals surface area contributed by atoms with Gasteiger partial charge in [-0.2, -0.15) is 0 Å². The molecular formula is C17H19O2P. The van der Waals surface area contributed by atoms with Crippen molar-refractivity contribution in [1.29, 1.82) is 0 Å². The fourth-order valence-corrected chi connectivity index (χ4v) is 2.52. The SMILES string of the molecule is CCCCCOc1ccc(-c2ccccc2P=O)cc1. The summed E-state index contributed by atoms with van der Waals surface area (Å²) in [5, 5.41) is 0.809. The molecule has 0 aliphatic heterocycles. The van der Waals surface area contributed by atoms with Crippen LogP contribution in [0.15, 0.2) is 48.5 Å². The monoisotopic (exact) mass is 286 g/mol. The maximum Gasteiger partial charge on any atom is 0.192 e. The molecule has 0 saturated heterocycles. The topological polar surface area (TPSA) is 26.3 Å². The number of unbranched alkanes of at least 4 members (excludes halogenated alkanes) is 2. The fraction of sp³-hybridized carbons (Fsp3) is 0.294. The summed E-state index contributed by atoms with van der Waals surface area (Å²) in [4.78, 5) is 0. The summed E-state index contributed by atoms with van der Waals surface area (Å²) < 4.78 is 16.8. The van der Waals surface area contributed by atoms with Gasteiger partial charge in [0, 0.05) is 0 Å². The first kappa shape index (κ1) is 14.7. The quantitative estimate of drug-likeness (QED) is 0.538. The molecule has 104 valence electrons. The van der Waals surface area contributed by atoms with Gasteiger partial charge in [0.2, 0.25) is 0 Å². The summed E-state index contributed by atoms with van der Waals surface area (Å²) in [6.45, 7) is 2.95. The number of ether oxygens (including phenoxy) is 1. The van der Waals surface area contributed by atoms with Crippen LogP contribution in [0.3, 0.4) is 0 Å². The summed E-state index contributed by atoms with van der Waals surface area (Å²) in [5.74, 6) is 0.891. The van der Waals surface area contributed by atoms with Crippen LogP contribution < -0.4 is 10.0 Å². The van der Waals surface area contributed by atoms with Crippen molar-refractivity contribution in [3.63, 3.8) is 0 Å². The summed E-state index contributed by atoms with van der Waals surface area (Å²) in [6.07, 6.45) is 3.50. The van der Waals surface area contributed by atoms with Crippen LogP contribution in [0.5, 0.6) is 5.75 Å².